The summed E-state index contributed by atoms with van der Waals surface area (Å²) in [7, 11) is 4.37. The van der Waals surface area contributed by atoms with Gasteiger partial charge in [-0.25, -0.2) is 0 Å². The molecule has 1 aliphatic rings. The molecule has 1 atom stereocenters. The number of rotatable bonds is 8. The normalized spacial score (nSPS) is 17.8. The highest BCUT2D eigenvalue weighted by atomic mass is 16.5. The third-order valence-electron chi connectivity index (χ3n) is 4.27. The van der Waals surface area contributed by atoms with Gasteiger partial charge in [-0.1, -0.05) is 20.8 Å². The second kappa shape index (κ2) is 7.15. The van der Waals surface area contributed by atoms with Crippen molar-refractivity contribution in [2.45, 2.75) is 58.0 Å². The SMILES string of the molecule is CCCNC(C1=CCCO1)C(CC)(CC)N(C)C. The van der Waals surface area contributed by atoms with Gasteiger partial charge in [0.2, 0.25) is 0 Å². The molecule has 3 nitrogen and oxygen atoms in total. The van der Waals surface area contributed by atoms with Crippen molar-refractivity contribution >= 4 is 0 Å². The third kappa shape index (κ3) is 3.07. The highest BCUT2D eigenvalue weighted by molar-refractivity contribution is 5.16. The van der Waals surface area contributed by atoms with E-state index in [0.29, 0.717) is 6.04 Å². The summed E-state index contributed by atoms with van der Waals surface area (Å²) in [6.45, 7) is 8.65. The van der Waals surface area contributed by atoms with Crippen LogP contribution in [-0.4, -0.2) is 43.7 Å². The number of nitrogens with one attached hydrogen (secondary N) is 1. The standard InChI is InChI=1S/C15H30N2O/c1-6-11-16-14(13-10-9-12-18-13)15(7-2,8-3)17(4)5/h10,14,16H,6-9,11-12H2,1-5H3. The van der Waals surface area contributed by atoms with E-state index >= 15 is 0 Å². The van der Waals surface area contributed by atoms with E-state index in [9.17, 15) is 0 Å². The lowest BCUT2D eigenvalue weighted by Crippen LogP contribution is -2.59. The number of ether oxygens (including phenoxy) is 1. The van der Waals surface area contributed by atoms with Crippen LogP contribution in [0.25, 0.3) is 0 Å². The van der Waals surface area contributed by atoms with Crippen molar-refractivity contribution in [1.82, 2.24) is 10.2 Å². The summed E-state index contributed by atoms with van der Waals surface area (Å²) >= 11 is 0. The van der Waals surface area contributed by atoms with E-state index in [4.69, 9.17) is 4.74 Å². The summed E-state index contributed by atoms with van der Waals surface area (Å²) in [5.74, 6) is 1.15. The van der Waals surface area contributed by atoms with E-state index in [0.717, 1.165) is 44.6 Å². The minimum Gasteiger partial charge on any atom is -0.496 e. The van der Waals surface area contributed by atoms with Crippen molar-refractivity contribution in [3.63, 3.8) is 0 Å². The lowest BCUT2D eigenvalue weighted by Gasteiger charge is -2.45. The third-order valence-corrected chi connectivity index (χ3v) is 4.27. The largest absolute Gasteiger partial charge is 0.496 e. The van der Waals surface area contributed by atoms with E-state index < -0.39 is 0 Å². The summed E-state index contributed by atoms with van der Waals surface area (Å²) < 4.78 is 5.84. The molecule has 0 saturated carbocycles. The van der Waals surface area contributed by atoms with Gasteiger partial charge in [0.25, 0.3) is 0 Å². The quantitative estimate of drug-likeness (QED) is 0.721. The molecule has 0 fully saturated rings. The maximum atomic E-state index is 5.84. The Morgan fingerprint density at radius 2 is 2.00 bits per heavy atom. The predicted molar refractivity (Wildman–Crippen MR) is 77.7 cm³/mol. The van der Waals surface area contributed by atoms with Crippen LogP contribution < -0.4 is 5.32 Å². The average Bonchev–Trinajstić information content (AvgIpc) is 2.88. The zero-order chi connectivity index (χ0) is 13.6. The monoisotopic (exact) mass is 254 g/mol. The number of hydrogen-bond acceptors (Lipinski definition) is 3. The Morgan fingerprint density at radius 3 is 2.39 bits per heavy atom. The molecule has 1 aliphatic heterocycles. The topological polar surface area (TPSA) is 24.5 Å². The molecule has 0 amide bonds. The van der Waals surface area contributed by atoms with Crippen LogP contribution in [0, 0.1) is 0 Å². The van der Waals surface area contributed by atoms with Gasteiger partial charge in [-0.2, -0.15) is 0 Å². The van der Waals surface area contributed by atoms with Gasteiger partial charge in [-0.05, 0) is 46.0 Å². The van der Waals surface area contributed by atoms with Crippen molar-refractivity contribution in [3.8, 4) is 0 Å². The molecule has 0 radical (unpaired) electrons. The first-order valence-corrected chi connectivity index (χ1v) is 7.36. The molecule has 18 heavy (non-hydrogen) atoms. The highest BCUT2D eigenvalue weighted by Crippen LogP contribution is 2.32. The van der Waals surface area contributed by atoms with Crippen molar-refractivity contribution in [2.24, 2.45) is 0 Å². The molecule has 106 valence electrons. The molecule has 1 rings (SSSR count). The summed E-state index contributed by atoms with van der Waals surface area (Å²) in [5.41, 5.74) is 0.144. The van der Waals surface area contributed by atoms with E-state index in [1.165, 1.54) is 0 Å². The highest BCUT2D eigenvalue weighted by Gasteiger charge is 2.41. The van der Waals surface area contributed by atoms with Crippen LogP contribution in [0.3, 0.4) is 0 Å². The number of hydrogen-bond donors (Lipinski definition) is 1. The van der Waals surface area contributed by atoms with Crippen LogP contribution in [0.1, 0.15) is 46.5 Å². The molecule has 0 aromatic carbocycles. The molecule has 0 spiro atoms. The van der Waals surface area contributed by atoms with E-state index in [-0.39, 0.29) is 5.54 Å². The van der Waals surface area contributed by atoms with Crippen LogP contribution in [0.15, 0.2) is 11.8 Å². The van der Waals surface area contributed by atoms with Gasteiger partial charge >= 0.3 is 0 Å². The van der Waals surface area contributed by atoms with Gasteiger partial charge in [-0.15, -0.1) is 0 Å². The smallest absolute Gasteiger partial charge is 0.111 e. The van der Waals surface area contributed by atoms with Gasteiger partial charge in [0.1, 0.15) is 5.76 Å². The van der Waals surface area contributed by atoms with Crippen molar-refractivity contribution in [3.05, 3.63) is 11.8 Å². The molecule has 0 saturated heterocycles. The fourth-order valence-electron chi connectivity index (χ4n) is 3.03. The summed E-state index contributed by atoms with van der Waals surface area (Å²) in [5, 5.41) is 3.70. The zero-order valence-corrected chi connectivity index (χ0v) is 12.8. The molecule has 1 heterocycles. The molecule has 3 heteroatoms. The molecule has 1 unspecified atom stereocenters. The molecular weight excluding hydrogens is 224 g/mol. The Morgan fingerprint density at radius 1 is 1.33 bits per heavy atom. The second-order valence-corrected chi connectivity index (χ2v) is 5.34. The maximum Gasteiger partial charge on any atom is 0.111 e. The minimum atomic E-state index is 0.144. The van der Waals surface area contributed by atoms with Crippen LogP contribution in [0.2, 0.25) is 0 Å². The first kappa shape index (κ1) is 15.5. The van der Waals surface area contributed by atoms with Crippen LogP contribution in [0.5, 0.6) is 0 Å². The lowest BCUT2D eigenvalue weighted by molar-refractivity contribution is 0.0722. The van der Waals surface area contributed by atoms with Crippen molar-refractivity contribution in [1.29, 1.82) is 0 Å². The van der Waals surface area contributed by atoms with Crippen molar-refractivity contribution < 1.29 is 4.74 Å². The summed E-state index contributed by atoms with van der Waals surface area (Å²) in [6, 6.07) is 0.310. The molecule has 0 aromatic heterocycles. The summed E-state index contributed by atoms with van der Waals surface area (Å²) in [6.07, 6.45) is 6.71. The van der Waals surface area contributed by atoms with Gasteiger partial charge in [0.05, 0.1) is 12.6 Å². The Kier molecular flexibility index (Phi) is 6.16. The van der Waals surface area contributed by atoms with Gasteiger partial charge in [0.15, 0.2) is 0 Å². The van der Waals surface area contributed by atoms with Gasteiger partial charge < -0.3 is 15.0 Å². The zero-order valence-electron chi connectivity index (χ0n) is 12.8. The molecule has 0 bridgehead atoms. The molecule has 0 aromatic rings. The summed E-state index contributed by atoms with van der Waals surface area (Å²) in [4.78, 5) is 2.36. The molecule has 0 aliphatic carbocycles. The average molecular weight is 254 g/mol. The minimum absolute atomic E-state index is 0.144. The van der Waals surface area contributed by atoms with Crippen molar-refractivity contribution in [2.75, 3.05) is 27.2 Å². The fraction of sp³-hybridized carbons (Fsp3) is 0.867. The second-order valence-electron chi connectivity index (χ2n) is 5.34. The fourth-order valence-corrected chi connectivity index (χ4v) is 3.03. The van der Waals surface area contributed by atoms with Crippen LogP contribution in [0.4, 0.5) is 0 Å². The number of nitrogens with zero attached hydrogens (tertiary/aromatic N) is 1. The number of likely N-dealkylation sites (N-methyl/N-ethyl adjacent to an activating group) is 1. The predicted octanol–water partition coefficient (Wildman–Crippen LogP) is 2.78. The molecular formula is C15H30N2O. The van der Waals surface area contributed by atoms with E-state index in [1.54, 1.807) is 0 Å². The maximum absolute atomic E-state index is 5.84. The molecule has 1 N–H and O–H groups in total. The van der Waals surface area contributed by atoms with E-state index in [2.05, 4.69) is 51.2 Å². The van der Waals surface area contributed by atoms with Crippen LogP contribution >= 0.6 is 0 Å². The van der Waals surface area contributed by atoms with Gasteiger partial charge in [-0.3, -0.25) is 0 Å². The Balaban J connectivity index is 2.97. The van der Waals surface area contributed by atoms with Gasteiger partial charge in [0, 0.05) is 12.0 Å². The first-order valence-electron chi connectivity index (χ1n) is 7.36. The Bertz CT molecular complexity index is 270. The van der Waals surface area contributed by atoms with Crippen LogP contribution in [-0.2, 0) is 4.74 Å². The lowest BCUT2D eigenvalue weighted by atomic mass is 9.82. The Labute approximate surface area is 113 Å². The van der Waals surface area contributed by atoms with E-state index in [1.807, 2.05) is 0 Å². The first-order chi connectivity index (χ1) is 8.62. The Hall–Kier alpha value is -0.540.